The van der Waals surface area contributed by atoms with Crippen LogP contribution in [0.1, 0.15) is 18.8 Å². The van der Waals surface area contributed by atoms with Gasteiger partial charge in [-0.2, -0.15) is 0 Å². The minimum Gasteiger partial charge on any atom is -0.385 e. The second-order valence-electron chi connectivity index (χ2n) is 3.42. The maximum atomic E-state index is 9.30. The summed E-state index contributed by atoms with van der Waals surface area (Å²) in [7, 11) is 0. The summed E-state index contributed by atoms with van der Waals surface area (Å²) in [4.78, 5) is 0. The van der Waals surface area contributed by atoms with E-state index < -0.39 is 6.10 Å². The first-order valence-electron chi connectivity index (χ1n) is 4.68. The van der Waals surface area contributed by atoms with E-state index in [0.29, 0.717) is 21.5 Å². The second kappa shape index (κ2) is 4.45. The molecule has 1 aromatic heterocycles. The van der Waals surface area contributed by atoms with Crippen LogP contribution < -0.4 is 0 Å². The molecule has 5 heteroatoms. The maximum absolute atomic E-state index is 9.30. The van der Waals surface area contributed by atoms with Gasteiger partial charge in [0, 0.05) is 11.6 Å². The molecule has 0 bridgehead atoms. The number of aliphatic hydroxyl groups excluding tert-OH is 1. The predicted octanol–water partition coefficient (Wildman–Crippen LogP) is 3.70. The van der Waals surface area contributed by atoms with Gasteiger partial charge in [0.05, 0.1) is 10.0 Å². The lowest BCUT2D eigenvalue weighted by atomic mass is 10.1. The van der Waals surface area contributed by atoms with E-state index in [0.717, 1.165) is 5.56 Å². The molecular weight excluding hydrogens is 249 g/mol. The Bertz CT molecular complexity index is 508. The van der Waals surface area contributed by atoms with Crippen LogP contribution in [0, 0.1) is 0 Å². The van der Waals surface area contributed by atoms with Crippen LogP contribution in [-0.2, 0) is 0 Å². The van der Waals surface area contributed by atoms with E-state index in [2.05, 4.69) is 5.16 Å². The highest BCUT2D eigenvalue weighted by atomic mass is 35.5. The van der Waals surface area contributed by atoms with Crippen molar-refractivity contribution >= 4 is 23.2 Å². The lowest BCUT2D eigenvalue weighted by Crippen LogP contribution is -1.85. The van der Waals surface area contributed by atoms with Gasteiger partial charge in [0.1, 0.15) is 11.8 Å². The van der Waals surface area contributed by atoms with Gasteiger partial charge < -0.3 is 9.63 Å². The molecule has 0 spiro atoms. The van der Waals surface area contributed by atoms with Gasteiger partial charge >= 0.3 is 0 Å². The summed E-state index contributed by atoms with van der Waals surface area (Å²) in [6.45, 7) is 1.61. The van der Waals surface area contributed by atoms with Gasteiger partial charge in [-0.25, -0.2) is 0 Å². The van der Waals surface area contributed by atoms with Crippen LogP contribution in [0.4, 0.5) is 0 Å². The van der Waals surface area contributed by atoms with Crippen molar-refractivity contribution < 1.29 is 9.63 Å². The van der Waals surface area contributed by atoms with Gasteiger partial charge in [-0.15, -0.1) is 0 Å². The van der Waals surface area contributed by atoms with Crippen LogP contribution in [0.3, 0.4) is 0 Å². The standard InChI is InChI=1S/C11H9Cl2NO2/c1-6(15)11-5-10(14-16-11)7-2-3-8(12)9(13)4-7/h2-6,15H,1H3. The molecule has 0 fully saturated rings. The number of rotatable bonds is 2. The van der Waals surface area contributed by atoms with E-state index in [4.69, 9.17) is 27.7 Å². The van der Waals surface area contributed by atoms with Gasteiger partial charge in [0.25, 0.3) is 0 Å². The highest BCUT2D eigenvalue weighted by Gasteiger charge is 2.11. The number of benzene rings is 1. The average molecular weight is 258 g/mol. The van der Waals surface area contributed by atoms with Gasteiger partial charge in [0.15, 0.2) is 5.76 Å². The number of aliphatic hydroxyl groups is 1. The van der Waals surface area contributed by atoms with Crippen molar-refractivity contribution in [2.24, 2.45) is 0 Å². The Hall–Kier alpha value is -1.03. The van der Waals surface area contributed by atoms with Crippen molar-refractivity contribution in [1.29, 1.82) is 0 Å². The molecule has 1 atom stereocenters. The molecule has 0 amide bonds. The quantitative estimate of drug-likeness (QED) is 0.893. The molecule has 84 valence electrons. The van der Waals surface area contributed by atoms with Crippen molar-refractivity contribution in [3.63, 3.8) is 0 Å². The molecule has 1 heterocycles. The van der Waals surface area contributed by atoms with Gasteiger partial charge in [0.2, 0.25) is 0 Å². The lowest BCUT2D eigenvalue weighted by Gasteiger charge is -1.98. The number of nitrogens with zero attached hydrogens (tertiary/aromatic N) is 1. The van der Waals surface area contributed by atoms with Crippen LogP contribution >= 0.6 is 23.2 Å². The van der Waals surface area contributed by atoms with E-state index >= 15 is 0 Å². The third-order valence-electron chi connectivity index (χ3n) is 2.16. The third kappa shape index (κ3) is 2.21. The molecule has 1 aromatic carbocycles. The minimum absolute atomic E-state index is 0.418. The van der Waals surface area contributed by atoms with Crippen LogP contribution in [0.2, 0.25) is 10.0 Å². The zero-order valence-corrected chi connectivity index (χ0v) is 9.96. The Morgan fingerprint density at radius 2 is 2.00 bits per heavy atom. The molecule has 0 saturated carbocycles. The average Bonchev–Trinajstić information content (AvgIpc) is 2.71. The fourth-order valence-electron chi connectivity index (χ4n) is 1.28. The lowest BCUT2D eigenvalue weighted by molar-refractivity contribution is 0.158. The molecule has 1 unspecified atom stereocenters. The fourth-order valence-corrected chi connectivity index (χ4v) is 1.58. The van der Waals surface area contributed by atoms with E-state index in [9.17, 15) is 5.11 Å². The predicted molar refractivity (Wildman–Crippen MR) is 62.6 cm³/mol. The first-order valence-corrected chi connectivity index (χ1v) is 5.43. The SMILES string of the molecule is CC(O)c1cc(-c2ccc(Cl)c(Cl)c2)no1. The summed E-state index contributed by atoms with van der Waals surface area (Å²) < 4.78 is 4.97. The minimum atomic E-state index is -0.677. The Kier molecular flexibility index (Phi) is 3.19. The Balaban J connectivity index is 2.39. The van der Waals surface area contributed by atoms with Crippen LogP contribution in [0.25, 0.3) is 11.3 Å². The molecule has 2 rings (SSSR count). The fraction of sp³-hybridized carbons (Fsp3) is 0.182. The Morgan fingerprint density at radius 1 is 1.25 bits per heavy atom. The smallest absolute Gasteiger partial charge is 0.165 e. The molecule has 0 aliphatic rings. The molecule has 0 aliphatic carbocycles. The third-order valence-corrected chi connectivity index (χ3v) is 2.89. The molecule has 16 heavy (non-hydrogen) atoms. The second-order valence-corrected chi connectivity index (χ2v) is 4.23. The van der Waals surface area contributed by atoms with Crippen LogP contribution in [-0.4, -0.2) is 10.3 Å². The maximum Gasteiger partial charge on any atom is 0.165 e. The molecule has 3 nitrogen and oxygen atoms in total. The monoisotopic (exact) mass is 257 g/mol. The van der Waals surface area contributed by atoms with Gasteiger partial charge in [-0.1, -0.05) is 34.4 Å². The molecule has 0 saturated heterocycles. The topological polar surface area (TPSA) is 46.3 Å². The Labute approximate surface area is 103 Å². The van der Waals surface area contributed by atoms with E-state index in [-0.39, 0.29) is 0 Å². The summed E-state index contributed by atoms with van der Waals surface area (Å²) in [5.41, 5.74) is 1.42. The van der Waals surface area contributed by atoms with Crippen molar-refractivity contribution in [2.45, 2.75) is 13.0 Å². The highest BCUT2D eigenvalue weighted by molar-refractivity contribution is 6.42. The summed E-state index contributed by atoms with van der Waals surface area (Å²) >= 11 is 11.7. The number of hydrogen-bond acceptors (Lipinski definition) is 3. The Morgan fingerprint density at radius 3 is 2.56 bits per heavy atom. The first kappa shape index (κ1) is 11.5. The molecule has 1 N–H and O–H groups in total. The summed E-state index contributed by atoms with van der Waals surface area (Å²) in [6, 6.07) is 6.85. The first-order chi connectivity index (χ1) is 7.58. The highest BCUT2D eigenvalue weighted by Crippen LogP contribution is 2.29. The van der Waals surface area contributed by atoms with Crippen LogP contribution in [0.5, 0.6) is 0 Å². The van der Waals surface area contributed by atoms with Crippen molar-refractivity contribution in [3.8, 4) is 11.3 Å². The van der Waals surface area contributed by atoms with E-state index in [1.807, 2.05) is 0 Å². The zero-order valence-electron chi connectivity index (χ0n) is 8.45. The summed E-state index contributed by atoms with van der Waals surface area (Å²) in [6.07, 6.45) is -0.677. The normalized spacial score (nSPS) is 12.8. The van der Waals surface area contributed by atoms with Gasteiger partial charge in [-0.3, -0.25) is 0 Å². The summed E-state index contributed by atoms with van der Waals surface area (Å²) in [5, 5.41) is 14.1. The number of hydrogen-bond donors (Lipinski definition) is 1. The number of halogens is 2. The van der Waals surface area contributed by atoms with Crippen LogP contribution in [0.15, 0.2) is 28.8 Å². The van der Waals surface area contributed by atoms with Crippen molar-refractivity contribution in [2.75, 3.05) is 0 Å². The molecule has 0 radical (unpaired) electrons. The van der Waals surface area contributed by atoms with E-state index in [1.165, 1.54) is 0 Å². The number of aromatic nitrogens is 1. The summed E-state index contributed by atoms with van der Waals surface area (Å²) in [5.74, 6) is 0.418. The van der Waals surface area contributed by atoms with E-state index in [1.54, 1.807) is 31.2 Å². The molecular formula is C11H9Cl2NO2. The van der Waals surface area contributed by atoms with Gasteiger partial charge in [-0.05, 0) is 19.1 Å². The van der Waals surface area contributed by atoms with Crippen molar-refractivity contribution in [3.05, 3.63) is 40.1 Å². The molecule has 2 aromatic rings. The zero-order chi connectivity index (χ0) is 11.7. The van der Waals surface area contributed by atoms with Crippen molar-refractivity contribution in [1.82, 2.24) is 5.16 Å². The largest absolute Gasteiger partial charge is 0.385 e. The molecule has 0 aliphatic heterocycles.